The Kier molecular flexibility index (Phi) is 4.09. The summed E-state index contributed by atoms with van der Waals surface area (Å²) in [5, 5.41) is 12.4. The summed E-state index contributed by atoms with van der Waals surface area (Å²) in [6, 6.07) is 10.4. The first-order valence-electron chi connectivity index (χ1n) is 7.40. The summed E-state index contributed by atoms with van der Waals surface area (Å²) in [4.78, 5) is 12.5. The van der Waals surface area contributed by atoms with Crippen LogP contribution in [0.15, 0.2) is 36.4 Å². The lowest BCUT2D eigenvalue weighted by Crippen LogP contribution is -2.40. The van der Waals surface area contributed by atoms with E-state index in [-0.39, 0.29) is 5.75 Å². The molecular formula is C16H17NO5S. The van der Waals surface area contributed by atoms with Crippen LogP contribution < -0.4 is 0 Å². The van der Waals surface area contributed by atoms with Crippen molar-refractivity contribution in [1.82, 2.24) is 5.06 Å². The van der Waals surface area contributed by atoms with Crippen molar-refractivity contribution in [3.63, 3.8) is 0 Å². The van der Waals surface area contributed by atoms with Crippen molar-refractivity contribution in [2.75, 3.05) is 5.75 Å². The van der Waals surface area contributed by atoms with E-state index in [0.29, 0.717) is 34.4 Å². The van der Waals surface area contributed by atoms with E-state index >= 15 is 0 Å². The maximum absolute atomic E-state index is 12.5. The molecule has 1 unspecified atom stereocenters. The number of carbonyl (C=O) groups is 1. The fraction of sp³-hybridized carbons (Fsp3) is 0.312. The Hall–Kier alpha value is -1.96. The van der Waals surface area contributed by atoms with Crippen LogP contribution >= 0.6 is 0 Å². The number of aliphatic hydroxyl groups is 1. The van der Waals surface area contributed by atoms with Crippen LogP contribution in [-0.4, -0.2) is 30.2 Å². The quantitative estimate of drug-likeness (QED) is 0.907. The zero-order chi connectivity index (χ0) is 16.6. The van der Waals surface area contributed by atoms with Gasteiger partial charge in [0.05, 0.1) is 11.3 Å². The van der Waals surface area contributed by atoms with E-state index in [2.05, 4.69) is 0 Å². The molecule has 122 valence electrons. The summed E-state index contributed by atoms with van der Waals surface area (Å²) in [6.07, 6.45) is -0.356. The van der Waals surface area contributed by atoms with Gasteiger partial charge in [-0.05, 0) is 17.9 Å². The molecule has 1 heterocycles. The third kappa shape index (κ3) is 2.83. The predicted molar refractivity (Wildman–Crippen MR) is 84.9 cm³/mol. The molecule has 3 rings (SSSR count). The third-order valence-electron chi connectivity index (χ3n) is 3.81. The highest BCUT2D eigenvalue weighted by Crippen LogP contribution is 2.36. The van der Waals surface area contributed by atoms with Crippen LogP contribution in [0.25, 0.3) is 10.8 Å². The van der Waals surface area contributed by atoms with Crippen LogP contribution in [-0.2, 0) is 14.4 Å². The first-order valence-corrected chi connectivity index (χ1v) is 8.98. The molecule has 7 heteroatoms. The maximum Gasteiger partial charge on any atom is 0.288 e. The van der Waals surface area contributed by atoms with Gasteiger partial charge >= 0.3 is 0 Å². The van der Waals surface area contributed by atoms with Crippen molar-refractivity contribution in [3.8, 4) is 0 Å². The van der Waals surface area contributed by atoms with Crippen LogP contribution in [0.1, 0.15) is 41.9 Å². The molecule has 0 fully saturated rings. The zero-order valence-electron chi connectivity index (χ0n) is 12.6. The molecule has 0 saturated heterocycles. The van der Waals surface area contributed by atoms with Gasteiger partial charge in [0.2, 0.25) is 0 Å². The minimum Gasteiger partial charge on any atom is -0.367 e. The van der Waals surface area contributed by atoms with E-state index < -0.39 is 22.3 Å². The second kappa shape index (κ2) is 5.92. The van der Waals surface area contributed by atoms with Gasteiger partial charge in [0.15, 0.2) is 6.23 Å². The lowest BCUT2D eigenvalue weighted by molar-refractivity contribution is -0.135. The van der Waals surface area contributed by atoms with Crippen LogP contribution in [0, 0.1) is 0 Å². The average Bonchev–Trinajstić information content (AvgIpc) is 2.54. The number of benzene rings is 2. The van der Waals surface area contributed by atoms with Crippen molar-refractivity contribution in [2.45, 2.75) is 26.0 Å². The third-order valence-corrected chi connectivity index (χ3v) is 4.99. The molecule has 2 aromatic rings. The predicted octanol–water partition coefficient (Wildman–Crippen LogP) is 2.35. The SMILES string of the molecule is CCCCS(=O)(=O)ON1C(=O)c2cccc3cccc(c23)C1O. The molecule has 0 aliphatic carbocycles. The van der Waals surface area contributed by atoms with Gasteiger partial charge in [0, 0.05) is 10.9 Å². The van der Waals surface area contributed by atoms with Gasteiger partial charge in [0.1, 0.15) is 0 Å². The topological polar surface area (TPSA) is 83.9 Å². The van der Waals surface area contributed by atoms with Gasteiger partial charge in [-0.1, -0.05) is 43.7 Å². The number of amides is 1. The Labute approximate surface area is 134 Å². The summed E-state index contributed by atoms with van der Waals surface area (Å²) in [5.74, 6) is -0.867. The Morgan fingerprint density at radius 1 is 1.22 bits per heavy atom. The number of rotatable bonds is 5. The molecular weight excluding hydrogens is 318 g/mol. The highest BCUT2D eigenvalue weighted by molar-refractivity contribution is 7.86. The number of hydrogen-bond acceptors (Lipinski definition) is 5. The fourth-order valence-corrected chi connectivity index (χ4v) is 3.79. The molecule has 23 heavy (non-hydrogen) atoms. The number of aliphatic hydroxyl groups excluding tert-OH is 1. The van der Waals surface area contributed by atoms with E-state index in [1.807, 2.05) is 19.1 Å². The molecule has 1 N–H and O–H groups in total. The van der Waals surface area contributed by atoms with Crippen LogP contribution in [0.4, 0.5) is 0 Å². The monoisotopic (exact) mass is 335 g/mol. The van der Waals surface area contributed by atoms with Crippen molar-refractivity contribution >= 4 is 26.8 Å². The largest absolute Gasteiger partial charge is 0.367 e. The van der Waals surface area contributed by atoms with E-state index in [0.717, 1.165) is 5.39 Å². The van der Waals surface area contributed by atoms with Gasteiger partial charge in [-0.25, -0.2) is 0 Å². The van der Waals surface area contributed by atoms with E-state index in [1.54, 1.807) is 24.3 Å². The normalized spacial score (nSPS) is 17.7. The van der Waals surface area contributed by atoms with Gasteiger partial charge in [-0.2, -0.15) is 13.5 Å². The van der Waals surface area contributed by atoms with E-state index in [9.17, 15) is 18.3 Å². The molecule has 1 amide bonds. The lowest BCUT2D eigenvalue weighted by Gasteiger charge is -2.31. The maximum atomic E-state index is 12.5. The molecule has 1 aliphatic heterocycles. The molecule has 6 nitrogen and oxygen atoms in total. The summed E-state index contributed by atoms with van der Waals surface area (Å²) in [5.41, 5.74) is 0.762. The van der Waals surface area contributed by atoms with E-state index in [4.69, 9.17) is 4.28 Å². The highest BCUT2D eigenvalue weighted by atomic mass is 32.2. The molecule has 0 aromatic heterocycles. The van der Waals surface area contributed by atoms with Crippen molar-refractivity contribution in [2.24, 2.45) is 0 Å². The summed E-state index contributed by atoms with van der Waals surface area (Å²) >= 11 is 0. The summed E-state index contributed by atoms with van der Waals surface area (Å²) in [6.45, 7) is 1.85. The smallest absolute Gasteiger partial charge is 0.288 e. The first-order chi connectivity index (χ1) is 10.9. The average molecular weight is 335 g/mol. The van der Waals surface area contributed by atoms with Crippen molar-refractivity contribution < 1.29 is 22.6 Å². The minimum atomic E-state index is -3.94. The molecule has 1 atom stereocenters. The second-order valence-electron chi connectivity index (χ2n) is 5.45. The number of nitrogens with zero attached hydrogens (tertiary/aromatic N) is 1. The molecule has 1 aliphatic rings. The van der Waals surface area contributed by atoms with Gasteiger partial charge in [0.25, 0.3) is 16.0 Å². The minimum absolute atomic E-state index is 0.203. The number of hydrogen-bond donors (Lipinski definition) is 1. The Morgan fingerprint density at radius 2 is 1.91 bits per heavy atom. The lowest BCUT2D eigenvalue weighted by atomic mass is 9.94. The standard InChI is InChI=1S/C16H17NO5S/c1-2-3-10-23(20,21)22-17-15(18)12-8-4-6-11-7-5-9-13(14(11)12)16(17)19/h4-9,15,18H,2-3,10H2,1H3. The Balaban J connectivity index is 2.02. The Bertz CT molecular complexity index is 857. The summed E-state index contributed by atoms with van der Waals surface area (Å²) in [7, 11) is -3.94. The molecule has 0 bridgehead atoms. The fourth-order valence-electron chi connectivity index (χ4n) is 2.67. The van der Waals surface area contributed by atoms with Gasteiger partial charge in [-0.3, -0.25) is 4.79 Å². The van der Waals surface area contributed by atoms with E-state index in [1.165, 1.54) is 0 Å². The summed E-state index contributed by atoms with van der Waals surface area (Å²) < 4.78 is 28.9. The van der Waals surface area contributed by atoms with Gasteiger partial charge < -0.3 is 5.11 Å². The molecule has 0 saturated carbocycles. The van der Waals surface area contributed by atoms with Crippen LogP contribution in [0.3, 0.4) is 0 Å². The molecule has 0 radical (unpaired) electrons. The number of carbonyl (C=O) groups excluding carboxylic acids is 1. The van der Waals surface area contributed by atoms with Crippen molar-refractivity contribution in [1.29, 1.82) is 0 Å². The Morgan fingerprint density at radius 3 is 2.61 bits per heavy atom. The van der Waals surface area contributed by atoms with Crippen molar-refractivity contribution in [3.05, 3.63) is 47.5 Å². The van der Waals surface area contributed by atoms with Crippen LogP contribution in [0.2, 0.25) is 0 Å². The van der Waals surface area contributed by atoms with Crippen LogP contribution in [0.5, 0.6) is 0 Å². The highest BCUT2D eigenvalue weighted by Gasteiger charge is 2.36. The first kappa shape index (κ1) is 15.9. The van der Waals surface area contributed by atoms with Gasteiger partial charge in [-0.15, -0.1) is 4.28 Å². The molecule has 0 spiro atoms. The number of hydroxylamine groups is 2. The number of unbranched alkanes of at least 4 members (excludes halogenated alkanes) is 1. The molecule has 2 aromatic carbocycles. The zero-order valence-corrected chi connectivity index (χ0v) is 13.4. The second-order valence-corrected chi connectivity index (χ2v) is 7.12.